The van der Waals surface area contributed by atoms with Gasteiger partial charge < -0.3 is 20.1 Å². The van der Waals surface area contributed by atoms with Crippen molar-refractivity contribution in [3.63, 3.8) is 0 Å². The van der Waals surface area contributed by atoms with Crippen molar-refractivity contribution < 1.29 is 14.3 Å². The Hall–Kier alpha value is -3.62. The highest BCUT2D eigenvalue weighted by Crippen LogP contribution is 2.32. The van der Waals surface area contributed by atoms with Crippen molar-refractivity contribution in [3.8, 4) is 17.3 Å². The molecular formula is C20H22N6O3. The van der Waals surface area contributed by atoms with Crippen molar-refractivity contribution in [2.75, 3.05) is 25.2 Å². The van der Waals surface area contributed by atoms with E-state index < -0.39 is 0 Å². The molecule has 3 heterocycles. The van der Waals surface area contributed by atoms with Crippen molar-refractivity contribution >= 4 is 11.7 Å². The predicted molar refractivity (Wildman–Crippen MR) is 106 cm³/mol. The first-order valence-electron chi connectivity index (χ1n) is 9.33. The third-order valence-electron chi connectivity index (χ3n) is 4.45. The molecule has 0 saturated carbocycles. The number of carbonyl (C=O) groups excluding carboxylic acids is 1. The minimum Gasteiger partial charge on any atom is -0.454 e. The molecule has 0 aliphatic carbocycles. The Bertz CT molecular complexity index is 1030. The van der Waals surface area contributed by atoms with Gasteiger partial charge in [-0.3, -0.25) is 9.36 Å². The molecule has 0 unspecified atom stereocenters. The molecule has 0 bridgehead atoms. The van der Waals surface area contributed by atoms with E-state index in [1.807, 2.05) is 48.9 Å². The number of ether oxygens (including phenoxy) is 2. The second-order valence-electron chi connectivity index (χ2n) is 6.64. The van der Waals surface area contributed by atoms with Crippen molar-refractivity contribution in [3.05, 3.63) is 53.9 Å². The summed E-state index contributed by atoms with van der Waals surface area (Å²) in [6, 6.07) is 7.39. The first kappa shape index (κ1) is 18.7. The third kappa shape index (κ3) is 4.45. The van der Waals surface area contributed by atoms with E-state index >= 15 is 0 Å². The summed E-state index contributed by atoms with van der Waals surface area (Å²) < 4.78 is 12.5. The van der Waals surface area contributed by atoms with E-state index in [9.17, 15) is 4.79 Å². The van der Waals surface area contributed by atoms with Crippen LogP contribution in [0, 0.1) is 13.8 Å². The molecule has 1 aromatic carbocycles. The number of imidazole rings is 1. The standard InChI is InChI=1S/C20H22N6O3/c1-13-24-18(11-19(25-13)26-8-7-21-14(26)2)22-5-6-23-20(27)10-15-3-4-16-17(9-15)29-12-28-16/h3-4,7-9,11H,5-6,10,12H2,1-2H3,(H,23,27)(H,22,24,25). The van der Waals surface area contributed by atoms with Crippen molar-refractivity contribution in [2.45, 2.75) is 20.3 Å². The number of benzene rings is 1. The van der Waals surface area contributed by atoms with Crippen LogP contribution >= 0.6 is 0 Å². The van der Waals surface area contributed by atoms with Crippen LogP contribution in [0.1, 0.15) is 17.2 Å². The number of carbonyl (C=O) groups is 1. The summed E-state index contributed by atoms with van der Waals surface area (Å²) in [5.41, 5.74) is 0.881. The average Bonchev–Trinajstić information content (AvgIpc) is 3.33. The molecule has 0 radical (unpaired) electrons. The van der Waals surface area contributed by atoms with Crippen LogP contribution in [0.2, 0.25) is 0 Å². The van der Waals surface area contributed by atoms with E-state index in [1.165, 1.54) is 0 Å². The topological polar surface area (TPSA) is 103 Å². The van der Waals surface area contributed by atoms with Gasteiger partial charge in [-0.05, 0) is 31.5 Å². The molecule has 0 spiro atoms. The van der Waals surface area contributed by atoms with Crippen LogP contribution in [0.15, 0.2) is 36.7 Å². The maximum absolute atomic E-state index is 12.2. The van der Waals surface area contributed by atoms with Crippen LogP contribution in [0.3, 0.4) is 0 Å². The number of hydrogen-bond donors (Lipinski definition) is 2. The van der Waals surface area contributed by atoms with Crippen molar-refractivity contribution in [1.82, 2.24) is 24.8 Å². The Balaban J connectivity index is 1.28. The lowest BCUT2D eigenvalue weighted by molar-refractivity contribution is -0.120. The summed E-state index contributed by atoms with van der Waals surface area (Å²) >= 11 is 0. The normalized spacial score (nSPS) is 12.1. The maximum atomic E-state index is 12.2. The highest BCUT2D eigenvalue weighted by atomic mass is 16.7. The van der Waals surface area contributed by atoms with E-state index in [0.29, 0.717) is 36.2 Å². The molecule has 9 heteroatoms. The van der Waals surface area contributed by atoms with Crippen LogP contribution in [0.5, 0.6) is 11.5 Å². The molecule has 2 aromatic heterocycles. The zero-order valence-corrected chi connectivity index (χ0v) is 16.3. The van der Waals surface area contributed by atoms with Crippen molar-refractivity contribution in [2.24, 2.45) is 0 Å². The molecular weight excluding hydrogens is 372 g/mol. The molecule has 29 heavy (non-hydrogen) atoms. The third-order valence-corrected chi connectivity index (χ3v) is 4.45. The van der Waals surface area contributed by atoms with Crippen LogP contribution in [-0.2, 0) is 11.2 Å². The van der Waals surface area contributed by atoms with Crippen LogP contribution in [-0.4, -0.2) is 45.3 Å². The van der Waals surface area contributed by atoms with Gasteiger partial charge >= 0.3 is 0 Å². The first-order valence-corrected chi connectivity index (χ1v) is 9.33. The predicted octanol–water partition coefficient (Wildman–Crippen LogP) is 1.78. The molecule has 0 atom stereocenters. The molecule has 0 fully saturated rings. The van der Waals surface area contributed by atoms with Gasteiger partial charge in [0.25, 0.3) is 0 Å². The molecule has 0 saturated heterocycles. The van der Waals surface area contributed by atoms with Gasteiger partial charge in [0.15, 0.2) is 11.5 Å². The van der Waals surface area contributed by atoms with Gasteiger partial charge in [-0.15, -0.1) is 0 Å². The number of rotatable bonds is 7. The molecule has 4 rings (SSSR count). The number of hydrogen-bond acceptors (Lipinski definition) is 7. The largest absolute Gasteiger partial charge is 0.454 e. The molecule has 150 valence electrons. The fourth-order valence-corrected chi connectivity index (χ4v) is 3.08. The Kier molecular flexibility index (Phi) is 5.28. The second-order valence-corrected chi connectivity index (χ2v) is 6.64. The average molecular weight is 394 g/mol. The molecule has 1 amide bonds. The van der Waals surface area contributed by atoms with Gasteiger partial charge in [0.1, 0.15) is 23.3 Å². The zero-order valence-electron chi connectivity index (χ0n) is 16.3. The number of aryl methyl sites for hydroxylation is 2. The van der Waals surface area contributed by atoms with Gasteiger partial charge in [0.2, 0.25) is 12.7 Å². The molecule has 1 aliphatic heterocycles. The number of nitrogens with one attached hydrogen (secondary N) is 2. The monoisotopic (exact) mass is 394 g/mol. The number of fused-ring (bicyclic) bond motifs is 1. The number of anilines is 1. The quantitative estimate of drug-likeness (QED) is 0.589. The fraction of sp³-hybridized carbons (Fsp3) is 0.300. The van der Waals surface area contributed by atoms with Gasteiger partial charge in [-0.2, -0.15) is 0 Å². The van der Waals surface area contributed by atoms with Crippen LogP contribution in [0.4, 0.5) is 5.82 Å². The van der Waals surface area contributed by atoms with Gasteiger partial charge in [0, 0.05) is 31.5 Å². The summed E-state index contributed by atoms with van der Waals surface area (Å²) in [6.45, 7) is 5.01. The summed E-state index contributed by atoms with van der Waals surface area (Å²) in [7, 11) is 0. The van der Waals surface area contributed by atoms with Gasteiger partial charge in [-0.1, -0.05) is 6.07 Å². The van der Waals surface area contributed by atoms with E-state index in [1.54, 1.807) is 6.20 Å². The number of aromatic nitrogens is 4. The summed E-state index contributed by atoms with van der Waals surface area (Å²) in [4.78, 5) is 25.2. The molecule has 9 nitrogen and oxygen atoms in total. The SMILES string of the molecule is Cc1nc(NCCNC(=O)Cc2ccc3c(c2)OCO3)cc(-n2ccnc2C)n1. The lowest BCUT2D eigenvalue weighted by atomic mass is 10.1. The molecule has 1 aliphatic rings. The smallest absolute Gasteiger partial charge is 0.231 e. The Labute approximate surface area is 168 Å². The Morgan fingerprint density at radius 1 is 1.14 bits per heavy atom. The second kappa shape index (κ2) is 8.17. The zero-order chi connectivity index (χ0) is 20.2. The van der Waals surface area contributed by atoms with Crippen LogP contribution in [0.25, 0.3) is 5.82 Å². The highest BCUT2D eigenvalue weighted by molar-refractivity contribution is 5.78. The molecule has 2 N–H and O–H groups in total. The van der Waals surface area contributed by atoms with E-state index in [4.69, 9.17) is 9.47 Å². The lowest BCUT2D eigenvalue weighted by Crippen LogP contribution is -2.30. The fourth-order valence-electron chi connectivity index (χ4n) is 3.08. The minimum absolute atomic E-state index is 0.0562. The molecule has 3 aromatic rings. The lowest BCUT2D eigenvalue weighted by Gasteiger charge is -2.11. The minimum atomic E-state index is -0.0562. The first-order chi connectivity index (χ1) is 14.1. The van der Waals surface area contributed by atoms with Crippen LogP contribution < -0.4 is 20.1 Å². The highest BCUT2D eigenvalue weighted by Gasteiger charge is 2.14. The number of nitrogens with zero attached hydrogens (tertiary/aromatic N) is 4. The maximum Gasteiger partial charge on any atom is 0.231 e. The summed E-state index contributed by atoms with van der Waals surface area (Å²) in [5, 5.41) is 6.13. The van der Waals surface area contributed by atoms with E-state index in [0.717, 1.165) is 17.2 Å². The summed E-state index contributed by atoms with van der Waals surface area (Å²) in [6.07, 6.45) is 3.88. The van der Waals surface area contributed by atoms with Crippen molar-refractivity contribution in [1.29, 1.82) is 0 Å². The van der Waals surface area contributed by atoms with Gasteiger partial charge in [-0.25, -0.2) is 15.0 Å². The van der Waals surface area contributed by atoms with E-state index in [2.05, 4.69) is 25.6 Å². The summed E-state index contributed by atoms with van der Waals surface area (Å²) in [5.74, 6) is 4.30. The van der Waals surface area contributed by atoms with Gasteiger partial charge in [0.05, 0.1) is 6.42 Å². The number of amides is 1. The van der Waals surface area contributed by atoms with E-state index in [-0.39, 0.29) is 19.1 Å². The Morgan fingerprint density at radius 3 is 2.83 bits per heavy atom. The Morgan fingerprint density at radius 2 is 2.00 bits per heavy atom.